The zero-order valence-corrected chi connectivity index (χ0v) is 16.7. The molecule has 0 radical (unpaired) electrons. The normalized spacial score (nSPS) is 12.7. The van der Waals surface area contributed by atoms with Gasteiger partial charge in [0.25, 0.3) is 11.8 Å². The summed E-state index contributed by atoms with van der Waals surface area (Å²) in [7, 11) is 1.64. The van der Waals surface area contributed by atoms with Gasteiger partial charge in [0.1, 0.15) is 11.5 Å². The van der Waals surface area contributed by atoms with Gasteiger partial charge in [-0.2, -0.15) is 0 Å². The van der Waals surface area contributed by atoms with E-state index in [1.807, 2.05) is 25.1 Å². The highest BCUT2D eigenvalue weighted by Crippen LogP contribution is 2.32. The first-order valence-electron chi connectivity index (χ1n) is 9.68. The number of carbonyl (C=O) groups is 2. The smallest absolute Gasteiger partial charge is 0.258 e. The number of aliphatic hydroxyl groups is 1. The van der Waals surface area contributed by atoms with Crippen molar-refractivity contribution in [3.05, 3.63) is 58.1 Å². The van der Waals surface area contributed by atoms with Crippen LogP contribution in [-0.2, 0) is 19.7 Å². The van der Waals surface area contributed by atoms with E-state index in [-0.39, 0.29) is 29.2 Å². The van der Waals surface area contributed by atoms with Crippen LogP contribution in [0.25, 0.3) is 0 Å². The SMILES string of the molecule is CCCCN(C)C(=O)c1cc(C(=O)N2Cc3ccc(CO)cc3C2)c(O)cc1O. The summed E-state index contributed by atoms with van der Waals surface area (Å²) < 4.78 is 0. The number of nitrogens with zero attached hydrogens (tertiary/aromatic N) is 2. The molecule has 29 heavy (non-hydrogen) atoms. The van der Waals surface area contributed by atoms with Gasteiger partial charge in [0, 0.05) is 32.7 Å². The highest BCUT2D eigenvalue weighted by atomic mass is 16.3. The summed E-state index contributed by atoms with van der Waals surface area (Å²) in [6.07, 6.45) is 1.76. The van der Waals surface area contributed by atoms with E-state index in [1.54, 1.807) is 11.9 Å². The maximum absolute atomic E-state index is 13.0. The van der Waals surface area contributed by atoms with Gasteiger partial charge in [0.05, 0.1) is 17.7 Å². The van der Waals surface area contributed by atoms with Gasteiger partial charge in [0.15, 0.2) is 0 Å². The highest BCUT2D eigenvalue weighted by molar-refractivity contribution is 6.03. The lowest BCUT2D eigenvalue weighted by atomic mass is 10.1. The van der Waals surface area contributed by atoms with Gasteiger partial charge >= 0.3 is 0 Å². The fourth-order valence-electron chi connectivity index (χ4n) is 3.48. The number of unbranched alkanes of at least 4 members (excludes halogenated alkanes) is 1. The molecule has 0 atom stereocenters. The molecule has 2 aromatic carbocycles. The van der Waals surface area contributed by atoms with Crippen molar-refractivity contribution in [1.82, 2.24) is 9.80 Å². The Labute approximate surface area is 169 Å². The molecule has 3 N–H and O–H groups in total. The standard InChI is InChI=1S/C22H26N2O5/c1-3-4-7-23(2)21(28)17-9-18(20(27)10-19(17)26)22(29)24-11-15-6-5-14(13-25)8-16(15)12-24/h5-6,8-10,25-27H,3-4,7,11-13H2,1-2H3. The number of phenolic OH excluding ortho intramolecular Hbond substituents is 2. The Morgan fingerprint density at radius 3 is 2.41 bits per heavy atom. The third-order valence-corrected chi connectivity index (χ3v) is 5.23. The number of rotatable bonds is 6. The van der Waals surface area contributed by atoms with Crippen molar-refractivity contribution in [3.63, 3.8) is 0 Å². The fourth-order valence-corrected chi connectivity index (χ4v) is 3.48. The Morgan fingerprint density at radius 1 is 1.03 bits per heavy atom. The van der Waals surface area contributed by atoms with Crippen LogP contribution in [0.15, 0.2) is 30.3 Å². The molecule has 0 bridgehead atoms. The largest absolute Gasteiger partial charge is 0.507 e. The number of aromatic hydroxyl groups is 2. The van der Waals surface area contributed by atoms with Crippen molar-refractivity contribution in [1.29, 1.82) is 0 Å². The first-order chi connectivity index (χ1) is 13.8. The topological polar surface area (TPSA) is 101 Å². The molecule has 0 aromatic heterocycles. The predicted molar refractivity (Wildman–Crippen MR) is 108 cm³/mol. The maximum atomic E-state index is 13.0. The molecule has 2 aromatic rings. The number of phenols is 2. The summed E-state index contributed by atoms with van der Waals surface area (Å²) in [6, 6.07) is 7.86. The van der Waals surface area contributed by atoms with E-state index in [2.05, 4.69) is 0 Å². The molecule has 0 saturated heterocycles. The zero-order valence-electron chi connectivity index (χ0n) is 16.7. The molecule has 0 spiro atoms. The molecule has 2 amide bonds. The van der Waals surface area contributed by atoms with Gasteiger partial charge in [0.2, 0.25) is 0 Å². The lowest BCUT2D eigenvalue weighted by Gasteiger charge is -2.20. The molecule has 154 valence electrons. The zero-order chi connectivity index (χ0) is 21.1. The van der Waals surface area contributed by atoms with Crippen LogP contribution in [0.3, 0.4) is 0 Å². The van der Waals surface area contributed by atoms with Crippen LogP contribution in [0.4, 0.5) is 0 Å². The molecule has 0 aliphatic carbocycles. The van der Waals surface area contributed by atoms with E-state index in [9.17, 15) is 24.9 Å². The number of amides is 2. The average Bonchev–Trinajstić information content (AvgIpc) is 3.14. The molecule has 1 aliphatic heterocycles. The Morgan fingerprint density at radius 2 is 1.72 bits per heavy atom. The van der Waals surface area contributed by atoms with Gasteiger partial charge in [-0.15, -0.1) is 0 Å². The number of aliphatic hydroxyl groups excluding tert-OH is 1. The molecule has 0 fully saturated rings. The minimum atomic E-state index is -0.422. The molecular weight excluding hydrogens is 372 g/mol. The van der Waals surface area contributed by atoms with Crippen LogP contribution < -0.4 is 0 Å². The fraction of sp³-hybridized carbons (Fsp3) is 0.364. The van der Waals surface area contributed by atoms with Crippen molar-refractivity contribution in [2.75, 3.05) is 13.6 Å². The molecular formula is C22H26N2O5. The van der Waals surface area contributed by atoms with Gasteiger partial charge in [-0.1, -0.05) is 31.5 Å². The summed E-state index contributed by atoms with van der Waals surface area (Å²) in [5.74, 6) is -1.55. The summed E-state index contributed by atoms with van der Waals surface area (Å²) >= 11 is 0. The highest BCUT2D eigenvalue weighted by Gasteiger charge is 2.28. The summed E-state index contributed by atoms with van der Waals surface area (Å²) in [6.45, 7) is 3.21. The monoisotopic (exact) mass is 398 g/mol. The number of benzene rings is 2. The second kappa shape index (κ2) is 8.53. The van der Waals surface area contributed by atoms with E-state index < -0.39 is 11.8 Å². The Kier molecular flexibility index (Phi) is 6.08. The van der Waals surface area contributed by atoms with Crippen LogP contribution in [0.2, 0.25) is 0 Å². The van der Waals surface area contributed by atoms with E-state index in [1.165, 1.54) is 11.0 Å². The first kappa shape index (κ1) is 20.7. The van der Waals surface area contributed by atoms with Crippen molar-refractivity contribution in [3.8, 4) is 11.5 Å². The van der Waals surface area contributed by atoms with Crippen molar-refractivity contribution in [2.24, 2.45) is 0 Å². The first-order valence-corrected chi connectivity index (χ1v) is 9.68. The number of hydrogen-bond acceptors (Lipinski definition) is 5. The van der Waals surface area contributed by atoms with Gasteiger partial charge < -0.3 is 25.1 Å². The second-order valence-electron chi connectivity index (χ2n) is 7.39. The van der Waals surface area contributed by atoms with Crippen LogP contribution in [0.1, 0.15) is 57.2 Å². The van der Waals surface area contributed by atoms with Crippen LogP contribution in [-0.4, -0.2) is 50.5 Å². The van der Waals surface area contributed by atoms with E-state index in [0.717, 1.165) is 35.6 Å². The summed E-state index contributed by atoms with van der Waals surface area (Å²) in [5, 5.41) is 29.7. The van der Waals surface area contributed by atoms with Crippen LogP contribution in [0.5, 0.6) is 11.5 Å². The van der Waals surface area contributed by atoms with Crippen molar-refractivity contribution < 1.29 is 24.9 Å². The third-order valence-electron chi connectivity index (χ3n) is 5.23. The third kappa shape index (κ3) is 4.19. The van der Waals surface area contributed by atoms with Crippen LogP contribution in [0, 0.1) is 0 Å². The van der Waals surface area contributed by atoms with Crippen molar-refractivity contribution >= 4 is 11.8 Å². The summed E-state index contributed by atoms with van der Waals surface area (Å²) in [4.78, 5) is 28.7. The quantitative estimate of drug-likeness (QED) is 0.694. The Bertz CT molecular complexity index is 941. The molecule has 0 saturated carbocycles. The molecule has 3 rings (SSSR count). The number of hydrogen-bond donors (Lipinski definition) is 3. The average molecular weight is 398 g/mol. The lowest BCUT2D eigenvalue weighted by Crippen LogP contribution is -2.29. The predicted octanol–water partition coefficient (Wildman–Crippen LogP) is 2.62. The Balaban J connectivity index is 1.85. The Hall–Kier alpha value is -3.06. The molecule has 0 unspecified atom stereocenters. The van der Waals surface area contributed by atoms with E-state index in [4.69, 9.17) is 0 Å². The van der Waals surface area contributed by atoms with E-state index in [0.29, 0.717) is 19.6 Å². The second-order valence-corrected chi connectivity index (χ2v) is 7.39. The number of fused-ring (bicyclic) bond motifs is 1. The minimum absolute atomic E-state index is 0.0102. The molecule has 7 heteroatoms. The summed E-state index contributed by atoms with van der Waals surface area (Å²) in [5.41, 5.74) is 2.66. The van der Waals surface area contributed by atoms with Gasteiger partial charge in [-0.05, 0) is 29.2 Å². The minimum Gasteiger partial charge on any atom is -0.507 e. The molecule has 1 aliphatic rings. The number of carbonyl (C=O) groups excluding carboxylic acids is 2. The maximum Gasteiger partial charge on any atom is 0.258 e. The molecule has 7 nitrogen and oxygen atoms in total. The lowest BCUT2D eigenvalue weighted by molar-refractivity contribution is 0.0748. The van der Waals surface area contributed by atoms with Gasteiger partial charge in [-0.25, -0.2) is 0 Å². The van der Waals surface area contributed by atoms with Gasteiger partial charge in [-0.3, -0.25) is 9.59 Å². The van der Waals surface area contributed by atoms with Crippen LogP contribution >= 0.6 is 0 Å². The molecule has 1 heterocycles. The van der Waals surface area contributed by atoms with E-state index >= 15 is 0 Å². The van der Waals surface area contributed by atoms with Crippen molar-refractivity contribution in [2.45, 2.75) is 39.5 Å².